The topological polar surface area (TPSA) is 121 Å². The first-order valence-corrected chi connectivity index (χ1v) is 12.5. The molecule has 0 saturated carbocycles. The summed E-state index contributed by atoms with van der Waals surface area (Å²) < 4.78 is 5.44. The van der Waals surface area contributed by atoms with Crippen molar-refractivity contribution in [2.45, 2.75) is 57.7 Å². The van der Waals surface area contributed by atoms with Crippen molar-refractivity contribution in [1.82, 2.24) is 20.4 Å². The van der Waals surface area contributed by atoms with Crippen molar-refractivity contribution in [2.75, 3.05) is 6.54 Å². The number of β-amino-alcohol motifs (C(OH)–C–C–N with tert-alkyl or cyclic N) is 1. The Morgan fingerprint density at radius 1 is 1.22 bits per heavy atom. The minimum atomic E-state index is -1.15. The van der Waals surface area contributed by atoms with E-state index in [-0.39, 0.29) is 24.3 Å². The van der Waals surface area contributed by atoms with Gasteiger partial charge in [-0.25, -0.2) is 4.99 Å². The molecule has 1 saturated heterocycles. The van der Waals surface area contributed by atoms with Gasteiger partial charge in [0.1, 0.15) is 17.5 Å². The van der Waals surface area contributed by atoms with Crippen LogP contribution >= 0.6 is 0 Å². The van der Waals surface area contributed by atoms with E-state index in [4.69, 9.17) is 9.52 Å². The largest absolute Gasteiger partial charge is 0.391 e. The molecule has 0 aliphatic carbocycles. The van der Waals surface area contributed by atoms with E-state index < -0.39 is 23.6 Å². The Balaban J connectivity index is 1.43. The third-order valence-corrected chi connectivity index (χ3v) is 7.23. The number of hydrogen-bond donors (Lipinski definition) is 2. The first kappa shape index (κ1) is 24.8. The predicted octanol–water partition coefficient (Wildman–Crippen LogP) is 3.19. The van der Waals surface area contributed by atoms with E-state index in [2.05, 4.69) is 15.5 Å². The Hall–Kier alpha value is -3.85. The third kappa shape index (κ3) is 4.55. The highest BCUT2D eigenvalue weighted by molar-refractivity contribution is 6.11. The summed E-state index contributed by atoms with van der Waals surface area (Å²) in [5, 5.41) is 17.4. The number of carbonyl (C=O) groups is 2. The monoisotopic (exact) mass is 501 g/mol. The zero-order chi connectivity index (χ0) is 26.3. The number of hydrogen-bond acceptors (Lipinski definition) is 7. The molecule has 2 aromatic heterocycles. The Morgan fingerprint density at radius 2 is 1.97 bits per heavy atom. The summed E-state index contributed by atoms with van der Waals surface area (Å²) in [6.07, 6.45) is 3.09. The molecule has 4 heterocycles. The van der Waals surface area contributed by atoms with Crippen molar-refractivity contribution >= 4 is 17.6 Å². The number of benzene rings is 1. The van der Waals surface area contributed by atoms with Gasteiger partial charge in [-0.3, -0.25) is 14.6 Å². The third-order valence-electron chi connectivity index (χ3n) is 7.23. The molecule has 0 unspecified atom stereocenters. The maximum atomic E-state index is 13.7. The molecule has 0 radical (unpaired) electrons. The van der Waals surface area contributed by atoms with Crippen LogP contribution in [0.4, 0.5) is 0 Å². The number of nitrogens with one attached hydrogen (secondary N) is 1. The number of aliphatic imine (C=N–C) groups is 1. The van der Waals surface area contributed by atoms with Crippen LogP contribution in [0, 0.1) is 12.8 Å². The normalized spacial score (nSPS) is 24.3. The molecular formula is C28H31N5O4. The van der Waals surface area contributed by atoms with E-state index >= 15 is 0 Å². The average Bonchev–Trinajstić information content (AvgIpc) is 3.57. The standard InChI is InChI=1S/C28H31N5O4/c1-16(2)24(23-12-17(3)32-37-23)26(35)33-15-21(34)13-22(33)25-30-27(36)28(4,31-25)20-9-7-18(8-10-20)19-6-5-11-29-14-19/h5-12,14,16,21-22,24,34H,13,15H2,1-4H3,(H,30,31,36)/t21-,22+,24-,28+/m1/s1. The van der Waals surface area contributed by atoms with E-state index in [1.807, 2.05) is 57.2 Å². The van der Waals surface area contributed by atoms with Gasteiger partial charge in [0.2, 0.25) is 5.91 Å². The number of nitrogens with zero attached hydrogens (tertiary/aromatic N) is 4. The van der Waals surface area contributed by atoms with Gasteiger partial charge in [-0.15, -0.1) is 0 Å². The highest BCUT2D eigenvalue weighted by Gasteiger charge is 2.48. The molecule has 1 fully saturated rings. The molecule has 0 spiro atoms. The Morgan fingerprint density at radius 3 is 2.59 bits per heavy atom. The molecule has 2 amide bonds. The molecule has 2 aliphatic heterocycles. The molecule has 37 heavy (non-hydrogen) atoms. The summed E-state index contributed by atoms with van der Waals surface area (Å²) in [5.74, 6) is -0.172. The number of likely N-dealkylation sites (tertiary alicyclic amines) is 1. The molecule has 3 aromatic rings. The first-order chi connectivity index (χ1) is 17.7. The van der Waals surface area contributed by atoms with Gasteiger partial charge < -0.3 is 19.8 Å². The molecule has 4 atom stereocenters. The smallest absolute Gasteiger partial charge is 0.257 e. The van der Waals surface area contributed by atoms with Crippen molar-refractivity contribution in [2.24, 2.45) is 10.9 Å². The predicted molar refractivity (Wildman–Crippen MR) is 138 cm³/mol. The van der Waals surface area contributed by atoms with E-state index in [1.165, 1.54) is 0 Å². The number of aliphatic hydroxyl groups is 1. The lowest BCUT2D eigenvalue weighted by molar-refractivity contribution is -0.134. The minimum absolute atomic E-state index is 0.0538. The second-order valence-electron chi connectivity index (χ2n) is 10.3. The maximum Gasteiger partial charge on any atom is 0.257 e. The Bertz CT molecular complexity index is 1330. The number of aryl methyl sites for hydroxylation is 1. The van der Waals surface area contributed by atoms with Crippen LogP contribution in [-0.2, 0) is 15.1 Å². The van der Waals surface area contributed by atoms with Crippen molar-refractivity contribution in [3.05, 3.63) is 71.9 Å². The van der Waals surface area contributed by atoms with Gasteiger partial charge in [0.05, 0.1) is 17.8 Å². The number of rotatable bonds is 6. The molecule has 192 valence electrons. The molecule has 5 rings (SSSR count). The summed E-state index contributed by atoms with van der Waals surface area (Å²) in [6, 6.07) is 12.7. The molecule has 2 aliphatic rings. The van der Waals surface area contributed by atoms with Gasteiger partial charge in [-0.2, -0.15) is 0 Å². The lowest BCUT2D eigenvalue weighted by Gasteiger charge is -2.29. The van der Waals surface area contributed by atoms with Crippen LogP contribution in [0.15, 0.2) is 64.4 Å². The van der Waals surface area contributed by atoms with E-state index in [9.17, 15) is 14.7 Å². The first-order valence-electron chi connectivity index (χ1n) is 12.5. The fraction of sp³-hybridized carbons (Fsp3) is 0.393. The van der Waals surface area contributed by atoms with Gasteiger partial charge in [0, 0.05) is 31.4 Å². The lowest BCUT2D eigenvalue weighted by Crippen LogP contribution is -2.48. The fourth-order valence-electron chi connectivity index (χ4n) is 5.19. The Kier molecular flexibility index (Phi) is 6.41. The van der Waals surface area contributed by atoms with Gasteiger partial charge in [0.15, 0.2) is 5.54 Å². The van der Waals surface area contributed by atoms with Gasteiger partial charge >= 0.3 is 0 Å². The summed E-state index contributed by atoms with van der Waals surface area (Å²) >= 11 is 0. The summed E-state index contributed by atoms with van der Waals surface area (Å²) in [6.45, 7) is 7.63. The van der Waals surface area contributed by atoms with Gasteiger partial charge in [0.25, 0.3) is 5.91 Å². The summed E-state index contributed by atoms with van der Waals surface area (Å²) in [7, 11) is 0. The van der Waals surface area contributed by atoms with Crippen LogP contribution < -0.4 is 5.32 Å². The summed E-state index contributed by atoms with van der Waals surface area (Å²) in [5.41, 5.74) is 2.26. The van der Waals surface area contributed by atoms with Gasteiger partial charge in [-0.05, 0) is 42.5 Å². The van der Waals surface area contributed by atoms with E-state index in [1.54, 1.807) is 30.3 Å². The quantitative estimate of drug-likeness (QED) is 0.535. The van der Waals surface area contributed by atoms with Crippen LogP contribution in [0.25, 0.3) is 11.1 Å². The van der Waals surface area contributed by atoms with Crippen LogP contribution in [0.5, 0.6) is 0 Å². The zero-order valence-electron chi connectivity index (χ0n) is 21.4. The van der Waals surface area contributed by atoms with Crippen LogP contribution in [0.1, 0.15) is 50.1 Å². The second-order valence-corrected chi connectivity index (χ2v) is 10.3. The average molecular weight is 502 g/mol. The lowest BCUT2D eigenvalue weighted by atomic mass is 9.91. The SMILES string of the molecule is Cc1cc([C@H](C(=O)N2C[C@H](O)C[C@H]2C2=N[C@@](C)(c3ccc(-c4cccnc4)cc3)C(=O)N2)C(C)C)on1. The highest BCUT2D eigenvalue weighted by atomic mass is 16.5. The molecular weight excluding hydrogens is 470 g/mol. The number of carbonyl (C=O) groups excluding carboxylic acids is 2. The van der Waals surface area contributed by atoms with Gasteiger partial charge in [-0.1, -0.05) is 49.3 Å². The van der Waals surface area contributed by atoms with Crippen molar-refractivity contribution in [3.8, 4) is 11.1 Å². The molecule has 9 nitrogen and oxygen atoms in total. The highest BCUT2D eigenvalue weighted by Crippen LogP contribution is 2.35. The molecule has 1 aromatic carbocycles. The molecule has 2 N–H and O–H groups in total. The van der Waals surface area contributed by atoms with Crippen molar-refractivity contribution in [1.29, 1.82) is 0 Å². The zero-order valence-corrected chi connectivity index (χ0v) is 21.4. The van der Waals surface area contributed by atoms with Crippen LogP contribution in [0.3, 0.4) is 0 Å². The number of amidine groups is 1. The van der Waals surface area contributed by atoms with Crippen LogP contribution in [-0.4, -0.2) is 56.5 Å². The maximum absolute atomic E-state index is 13.7. The van der Waals surface area contributed by atoms with E-state index in [0.29, 0.717) is 23.7 Å². The van der Waals surface area contributed by atoms with Crippen LogP contribution in [0.2, 0.25) is 0 Å². The van der Waals surface area contributed by atoms with Crippen molar-refractivity contribution in [3.63, 3.8) is 0 Å². The number of aromatic nitrogens is 2. The molecule has 9 heteroatoms. The van der Waals surface area contributed by atoms with Crippen molar-refractivity contribution < 1.29 is 19.2 Å². The summed E-state index contributed by atoms with van der Waals surface area (Å²) in [4.78, 5) is 37.6. The minimum Gasteiger partial charge on any atom is -0.391 e. The fourth-order valence-corrected chi connectivity index (χ4v) is 5.19. The second kappa shape index (κ2) is 9.55. The van der Waals surface area contributed by atoms with E-state index in [0.717, 1.165) is 16.7 Å². The number of amides is 2. The number of aliphatic hydroxyl groups excluding tert-OH is 1. The number of pyridine rings is 1. The molecule has 0 bridgehead atoms. The Labute approximate surface area is 215 Å².